The van der Waals surface area contributed by atoms with Gasteiger partial charge in [-0.05, 0) is 18.8 Å². The third kappa shape index (κ3) is 3.11. The monoisotopic (exact) mass is 231 g/mol. The van der Waals surface area contributed by atoms with E-state index >= 15 is 0 Å². The van der Waals surface area contributed by atoms with E-state index in [4.69, 9.17) is 5.11 Å². The largest absolute Gasteiger partial charge is 0.480 e. The van der Waals surface area contributed by atoms with Crippen molar-refractivity contribution in [2.24, 2.45) is 5.92 Å². The van der Waals surface area contributed by atoms with Crippen LogP contribution in [0.4, 0.5) is 0 Å². The molecule has 15 heavy (non-hydrogen) atoms. The van der Waals surface area contributed by atoms with Crippen molar-refractivity contribution in [1.82, 2.24) is 5.32 Å². The average Bonchev–Trinajstić information content (AvgIpc) is 2.63. The standard InChI is InChI=1S/C11H21NO2S/c1-4-8(3)6-11(5-2)12-9(7-15-11)10(13)14/h8-9,12H,4-7H2,1-3H3,(H,13,14). The Morgan fingerprint density at radius 3 is 2.73 bits per heavy atom. The quantitative estimate of drug-likeness (QED) is 0.762. The van der Waals surface area contributed by atoms with Gasteiger partial charge in [0.1, 0.15) is 6.04 Å². The molecule has 0 aromatic rings. The first-order valence-corrected chi connectivity index (χ1v) is 6.66. The molecule has 3 nitrogen and oxygen atoms in total. The summed E-state index contributed by atoms with van der Waals surface area (Å²) in [6.07, 6.45) is 3.21. The van der Waals surface area contributed by atoms with Gasteiger partial charge in [-0.3, -0.25) is 10.1 Å². The van der Waals surface area contributed by atoms with E-state index < -0.39 is 5.97 Å². The Labute approximate surface area is 96.0 Å². The Hall–Kier alpha value is -0.220. The van der Waals surface area contributed by atoms with Crippen LogP contribution in [0.1, 0.15) is 40.0 Å². The van der Waals surface area contributed by atoms with Gasteiger partial charge in [0.15, 0.2) is 0 Å². The number of rotatable bonds is 5. The second-order valence-corrected chi connectivity index (χ2v) is 5.82. The molecule has 1 saturated heterocycles. The lowest BCUT2D eigenvalue weighted by atomic mass is 9.96. The fourth-order valence-corrected chi connectivity index (χ4v) is 3.49. The minimum absolute atomic E-state index is 0.00150. The van der Waals surface area contributed by atoms with Gasteiger partial charge in [0.2, 0.25) is 0 Å². The first-order chi connectivity index (χ1) is 7.03. The summed E-state index contributed by atoms with van der Waals surface area (Å²) in [5.41, 5.74) is 0. The van der Waals surface area contributed by atoms with E-state index in [1.807, 2.05) is 0 Å². The number of aliphatic carboxylic acids is 1. The Morgan fingerprint density at radius 2 is 2.33 bits per heavy atom. The van der Waals surface area contributed by atoms with Crippen LogP contribution in [0.15, 0.2) is 0 Å². The van der Waals surface area contributed by atoms with Gasteiger partial charge in [0.25, 0.3) is 0 Å². The highest BCUT2D eigenvalue weighted by molar-refractivity contribution is 8.00. The first-order valence-electron chi connectivity index (χ1n) is 5.67. The highest BCUT2D eigenvalue weighted by Gasteiger charge is 2.41. The van der Waals surface area contributed by atoms with E-state index in [0.717, 1.165) is 19.3 Å². The molecule has 4 heteroatoms. The maximum Gasteiger partial charge on any atom is 0.321 e. The molecule has 1 heterocycles. The van der Waals surface area contributed by atoms with Crippen molar-refractivity contribution < 1.29 is 9.90 Å². The summed E-state index contributed by atoms with van der Waals surface area (Å²) in [6.45, 7) is 6.54. The number of hydrogen-bond acceptors (Lipinski definition) is 3. The fourth-order valence-electron chi connectivity index (χ4n) is 1.95. The molecule has 0 aliphatic carbocycles. The van der Waals surface area contributed by atoms with E-state index in [0.29, 0.717) is 11.7 Å². The van der Waals surface area contributed by atoms with Gasteiger partial charge in [-0.1, -0.05) is 27.2 Å². The Kier molecular flexibility index (Phi) is 4.46. The van der Waals surface area contributed by atoms with Crippen LogP contribution in [0.2, 0.25) is 0 Å². The van der Waals surface area contributed by atoms with Crippen LogP contribution in [-0.2, 0) is 4.79 Å². The third-order valence-corrected chi connectivity index (χ3v) is 4.83. The average molecular weight is 231 g/mol. The summed E-state index contributed by atoms with van der Waals surface area (Å²) in [7, 11) is 0. The second kappa shape index (κ2) is 5.21. The molecule has 0 aromatic carbocycles. The van der Waals surface area contributed by atoms with Crippen LogP contribution in [0.3, 0.4) is 0 Å². The van der Waals surface area contributed by atoms with Crippen molar-refractivity contribution >= 4 is 17.7 Å². The summed E-state index contributed by atoms with van der Waals surface area (Å²) in [5, 5.41) is 12.2. The number of hydrogen-bond donors (Lipinski definition) is 2. The topological polar surface area (TPSA) is 49.3 Å². The van der Waals surface area contributed by atoms with Crippen molar-refractivity contribution in [2.75, 3.05) is 5.75 Å². The van der Waals surface area contributed by atoms with Crippen LogP contribution < -0.4 is 5.32 Å². The van der Waals surface area contributed by atoms with Crippen molar-refractivity contribution in [3.63, 3.8) is 0 Å². The number of carboxylic acid groups (broad SMARTS) is 1. The molecule has 1 aliphatic heterocycles. The Bertz CT molecular complexity index is 235. The minimum Gasteiger partial charge on any atom is -0.480 e. The summed E-state index contributed by atoms with van der Waals surface area (Å²) in [6, 6.07) is -0.362. The van der Waals surface area contributed by atoms with Crippen LogP contribution in [0.25, 0.3) is 0 Å². The van der Waals surface area contributed by atoms with E-state index in [1.54, 1.807) is 11.8 Å². The highest BCUT2D eigenvalue weighted by Crippen LogP contribution is 2.39. The second-order valence-electron chi connectivity index (χ2n) is 4.41. The van der Waals surface area contributed by atoms with Crippen LogP contribution >= 0.6 is 11.8 Å². The van der Waals surface area contributed by atoms with E-state index in [1.165, 1.54) is 0 Å². The molecule has 1 aliphatic rings. The number of carboxylic acids is 1. The summed E-state index contributed by atoms with van der Waals surface area (Å²) in [4.78, 5) is 10.9. The molecule has 1 fully saturated rings. The Balaban J connectivity index is 2.60. The van der Waals surface area contributed by atoms with Crippen LogP contribution in [0.5, 0.6) is 0 Å². The summed E-state index contributed by atoms with van der Waals surface area (Å²) < 4.78 is 0. The predicted octanol–water partition coefficient (Wildman–Crippen LogP) is 2.32. The lowest BCUT2D eigenvalue weighted by Gasteiger charge is -2.30. The zero-order valence-electron chi connectivity index (χ0n) is 9.75. The molecule has 2 N–H and O–H groups in total. The molecule has 88 valence electrons. The van der Waals surface area contributed by atoms with Crippen LogP contribution in [-0.4, -0.2) is 27.7 Å². The van der Waals surface area contributed by atoms with Crippen molar-refractivity contribution in [3.8, 4) is 0 Å². The molecule has 1 rings (SSSR count). The molecule has 0 aromatic heterocycles. The molecular weight excluding hydrogens is 210 g/mol. The molecule has 3 atom stereocenters. The maximum absolute atomic E-state index is 10.9. The Morgan fingerprint density at radius 1 is 1.67 bits per heavy atom. The number of nitrogens with one attached hydrogen (secondary N) is 1. The van der Waals surface area contributed by atoms with Gasteiger partial charge in [0.05, 0.1) is 4.87 Å². The molecule has 0 saturated carbocycles. The molecule has 0 radical (unpaired) electrons. The maximum atomic E-state index is 10.9. The SMILES string of the molecule is CCC(C)CC1(CC)NC(C(=O)O)CS1. The number of carbonyl (C=O) groups is 1. The highest BCUT2D eigenvalue weighted by atomic mass is 32.2. The van der Waals surface area contributed by atoms with Crippen molar-refractivity contribution in [1.29, 1.82) is 0 Å². The lowest BCUT2D eigenvalue weighted by Crippen LogP contribution is -2.45. The minimum atomic E-state index is -0.720. The molecule has 0 bridgehead atoms. The van der Waals surface area contributed by atoms with Gasteiger partial charge >= 0.3 is 5.97 Å². The van der Waals surface area contributed by atoms with Gasteiger partial charge in [0, 0.05) is 5.75 Å². The zero-order chi connectivity index (χ0) is 11.5. The molecule has 0 amide bonds. The fraction of sp³-hybridized carbons (Fsp3) is 0.909. The third-order valence-electron chi connectivity index (χ3n) is 3.21. The van der Waals surface area contributed by atoms with Gasteiger partial charge in [-0.15, -0.1) is 11.8 Å². The zero-order valence-corrected chi connectivity index (χ0v) is 10.6. The van der Waals surface area contributed by atoms with Gasteiger partial charge in [-0.2, -0.15) is 0 Å². The van der Waals surface area contributed by atoms with Gasteiger partial charge < -0.3 is 5.11 Å². The van der Waals surface area contributed by atoms with Crippen molar-refractivity contribution in [3.05, 3.63) is 0 Å². The lowest BCUT2D eigenvalue weighted by molar-refractivity contribution is -0.138. The first kappa shape index (κ1) is 12.8. The van der Waals surface area contributed by atoms with E-state index in [9.17, 15) is 4.79 Å². The predicted molar refractivity (Wildman–Crippen MR) is 64.1 cm³/mol. The summed E-state index contributed by atoms with van der Waals surface area (Å²) in [5.74, 6) is 0.624. The van der Waals surface area contributed by atoms with Gasteiger partial charge in [-0.25, -0.2) is 0 Å². The number of thioether (sulfide) groups is 1. The summed E-state index contributed by atoms with van der Waals surface area (Å²) >= 11 is 1.78. The van der Waals surface area contributed by atoms with Crippen LogP contribution in [0, 0.1) is 5.92 Å². The smallest absolute Gasteiger partial charge is 0.321 e. The molecule has 3 unspecified atom stereocenters. The molecule has 0 spiro atoms. The normalized spacial score (nSPS) is 32.9. The van der Waals surface area contributed by atoms with E-state index in [-0.39, 0.29) is 10.9 Å². The van der Waals surface area contributed by atoms with Crippen molar-refractivity contribution in [2.45, 2.75) is 50.9 Å². The van der Waals surface area contributed by atoms with E-state index in [2.05, 4.69) is 26.1 Å². The molecular formula is C11H21NO2S.